The lowest BCUT2D eigenvalue weighted by atomic mass is 10.1. The molecule has 0 saturated carbocycles. The van der Waals surface area contributed by atoms with E-state index in [1.165, 1.54) is 5.56 Å². The normalized spacial score (nSPS) is 19.1. The van der Waals surface area contributed by atoms with Gasteiger partial charge in [0.1, 0.15) is 13.2 Å². The van der Waals surface area contributed by atoms with Crippen LogP contribution in [-0.4, -0.2) is 67.9 Å². The van der Waals surface area contributed by atoms with Gasteiger partial charge in [0, 0.05) is 44.5 Å². The van der Waals surface area contributed by atoms with Crippen LogP contribution in [0.2, 0.25) is 0 Å². The van der Waals surface area contributed by atoms with Crippen molar-refractivity contribution in [3.05, 3.63) is 42.0 Å². The number of carbonyl (C=O) groups is 1. The van der Waals surface area contributed by atoms with Crippen LogP contribution in [0.4, 0.5) is 5.69 Å². The van der Waals surface area contributed by atoms with Gasteiger partial charge >= 0.3 is 0 Å². The van der Waals surface area contributed by atoms with Crippen LogP contribution in [0.1, 0.15) is 12.5 Å². The molecule has 31 heavy (non-hydrogen) atoms. The predicted octanol–water partition coefficient (Wildman–Crippen LogP) is 2.33. The fourth-order valence-electron chi connectivity index (χ4n) is 4.14. The largest absolute Gasteiger partial charge is 0.486 e. The molecule has 0 spiro atoms. The third-order valence-electron chi connectivity index (χ3n) is 5.99. The molecule has 0 radical (unpaired) electrons. The van der Waals surface area contributed by atoms with Crippen molar-refractivity contribution in [2.45, 2.75) is 19.5 Å². The summed E-state index contributed by atoms with van der Waals surface area (Å²) >= 11 is 0. The topological polar surface area (TPSA) is 72.5 Å². The number of hydrogen-bond donors (Lipinski definition) is 1. The number of benzene rings is 2. The van der Waals surface area contributed by atoms with Gasteiger partial charge in [-0.2, -0.15) is 0 Å². The summed E-state index contributed by atoms with van der Waals surface area (Å²) in [6.07, 6.45) is 0. The Hall–Kier alpha value is -2.97. The van der Waals surface area contributed by atoms with Crippen LogP contribution < -0.4 is 24.3 Å². The Balaban J connectivity index is 1.13. The van der Waals surface area contributed by atoms with E-state index in [9.17, 15) is 4.79 Å². The van der Waals surface area contributed by atoms with E-state index in [-0.39, 0.29) is 11.9 Å². The summed E-state index contributed by atoms with van der Waals surface area (Å²) in [5, 5.41) is 3.01. The van der Waals surface area contributed by atoms with Gasteiger partial charge in [0.05, 0.1) is 6.04 Å². The summed E-state index contributed by atoms with van der Waals surface area (Å²) < 4.78 is 22.0. The van der Waals surface area contributed by atoms with Crippen LogP contribution >= 0.6 is 0 Å². The monoisotopic (exact) mass is 425 g/mol. The van der Waals surface area contributed by atoms with E-state index in [1.807, 2.05) is 31.2 Å². The van der Waals surface area contributed by atoms with Crippen molar-refractivity contribution in [1.29, 1.82) is 0 Å². The summed E-state index contributed by atoms with van der Waals surface area (Å²) in [7, 11) is 0. The Morgan fingerprint density at radius 3 is 2.42 bits per heavy atom. The van der Waals surface area contributed by atoms with Gasteiger partial charge in [-0.25, -0.2) is 0 Å². The maximum absolute atomic E-state index is 12.8. The highest BCUT2D eigenvalue weighted by Gasteiger charge is 2.26. The number of ether oxygens (including phenoxy) is 4. The molecule has 1 amide bonds. The van der Waals surface area contributed by atoms with Crippen molar-refractivity contribution in [2.24, 2.45) is 0 Å². The van der Waals surface area contributed by atoms with Gasteiger partial charge in [-0.1, -0.05) is 6.07 Å². The molecule has 1 saturated heterocycles. The lowest BCUT2D eigenvalue weighted by molar-refractivity contribution is -0.121. The molecule has 5 rings (SSSR count). The predicted molar refractivity (Wildman–Crippen MR) is 115 cm³/mol. The maximum atomic E-state index is 12.8. The molecule has 0 aromatic heterocycles. The van der Waals surface area contributed by atoms with Gasteiger partial charge in [0.15, 0.2) is 23.0 Å². The van der Waals surface area contributed by atoms with E-state index in [0.29, 0.717) is 25.8 Å². The van der Waals surface area contributed by atoms with E-state index in [1.54, 1.807) is 0 Å². The van der Waals surface area contributed by atoms with Gasteiger partial charge in [-0.15, -0.1) is 0 Å². The van der Waals surface area contributed by atoms with Crippen LogP contribution in [0.5, 0.6) is 23.0 Å². The third kappa shape index (κ3) is 4.40. The van der Waals surface area contributed by atoms with Crippen LogP contribution in [-0.2, 0) is 11.3 Å². The Kier molecular flexibility index (Phi) is 5.57. The molecule has 0 unspecified atom stereocenters. The Bertz CT molecular complexity index is 958. The third-order valence-corrected chi connectivity index (χ3v) is 5.99. The van der Waals surface area contributed by atoms with Gasteiger partial charge in [-0.05, 0) is 36.8 Å². The number of amides is 1. The van der Waals surface area contributed by atoms with E-state index >= 15 is 0 Å². The number of nitrogens with one attached hydrogen (secondary N) is 1. The molecule has 1 fully saturated rings. The average Bonchev–Trinajstić information content (AvgIpc) is 3.27. The Labute approximate surface area is 181 Å². The van der Waals surface area contributed by atoms with Crippen molar-refractivity contribution in [3.8, 4) is 23.0 Å². The van der Waals surface area contributed by atoms with Gasteiger partial charge in [-0.3, -0.25) is 14.6 Å². The number of carbonyl (C=O) groups excluding carboxylic acids is 1. The standard InChI is InChI=1S/C23H27N3O5/c1-16(23(27)24-18-3-5-19-22(13-18)29-11-10-28-19)26-8-6-25(7-9-26)14-17-2-4-20-21(12-17)31-15-30-20/h2-5,12-13,16H,6-11,14-15H2,1H3,(H,24,27)/t16-/m1/s1. The molecule has 3 aliphatic rings. The molecule has 164 valence electrons. The van der Waals surface area contributed by atoms with Crippen molar-refractivity contribution in [1.82, 2.24) is 9.80 Å². The fraction of sp³-hybridized carbons (Fsp3) is 0.435. The first-order valence-corrected chi connectivity index (χ1v) is 10.7. The van der Waals surface area contributed by atoms with E-state index in [4.69, 9.17) is 18.9 Å². The van der Waals surface area contributed by atoms with E-state index in [2.05, 4.69) is 27.2 Å². The van der Waals surface area contributed by atoms with Crippen LogP contribution in [0.25, 0.3) is 0 Å². The van der Waals surface area contributed by atoms with Crippen LogP contribution in [0.15, 0.2) is 36.4 Å². The Morgan fingerprint density at radius 1 is 0.903 bits per heavy atom. The first-order chi connectivity index (χ1) is 15.2. The van der Waals surface area contributed by atoms with Crippen LogP contribution in [0, 0.1) is 0 Å². The minimum absolute atomic E-state index is 0.0131. The molecule has 8 heteroatoms. The second-order valence-corrected chi connectivity index (χ2v) is 8.02. The molecular weight excluding hydrogens is 398 g/mol. The minimum atomic E-state index is -0.208. The van der Waals surface area contributed by atoms with Gasteiger partial charge < -0.3 is 24.3 Å². The molecule has 2 aromatic carbocycles. The maximum Gasteiger partial charge on any atom is 0.241 e. The number of hydrogen-bond acceptors (Lipinski definition) is 7. The number of piperazine rings is 1. The van der Waals surface area contributed by atoms with Crippen LogP contribution in [0.3, 0.4) is 0 Å². The zero-order chi connectivity index (χ0) is 21.2. The zero-order valence-corrected chi connectivity index (χ0v) is 17.6. The highest BCUT2D eigenvalue weighted by atomic mass is 16.7. The van der Waals surface area contributed by atoms with Crippen molar-refractivity contribution < 1.29 is 23.7 Å². The molecule has 1 N–H and O–H groups in total. The zero-order valence-electron chi connectivity index (χ0n) is 17.6. The van der Waals surface area contributed by atoms with Gasteiger partial charge in [0.25, 0.3) is 0 Å². The Morgan fingerprint density at radius 2 is 1.58 bits per heavy atom. The molecule has 0 bridgehead atoms. The summed E-state index contributed by atoms with van der Waals surface area (Å²) in [6, 6.07) is 11.4. The second-order valence-electron chi connectivity index (χ2n) is 8.02. The highest BCUT2D eigenvalue weighted by Crippen LogP contribution is 2.33. The lowest BCUT2D eigenvalue weighted by Gasteiger charge is -2.37. The summed E-state index contributed by atoms with van der Waals surface area (Å²) in [5.74, 6) is 3.01. The number of nitrogens with zero attached hydrogens (tertiary/aromatic N) is 2. The number of fused-ring (bicyclic) bond motifs is 2. The van der Waals surface area contributed by atoms with Gasteiger partial charge in [0.2, 0.25) is 12.7 Å². The molecule has 3 heterocycles. The quantitative estimate of drug-likeness (QED) is 0.788. The molecule has 3 aliphatic heterocycles. The summed E-state index contributed by atoms with van der Waals surface area (Å²) in [5.41, 5.74) is 1.93. The molecule has 1 atom stereocenters. The summed E-state index contributed by atoms with van der Waals surface area (Å²) in [6.45, 7) is 7.72. The van der Waals surface area contributed by atoms with Crippen molar-refractivity contribution in [3.63, 3.8) is 0 Å². The first kappa shape index (κ1) is 20.0. The van der Waals surface area contributed by atoms with Crippen molar-refractivity contribution in [2.75, 3.05) is 51.5 Å². The second kappa shape index (κ2) is 8.64. The minimum Gasteiger partial charge on any atom is -0.486 e. The van der Waals surface area contributed by atoms with Crippen molar-refractivity contribution >= 4 is 11.6 Å². The SMILES string of the molecule is C[C@H](C(=O)Nc1ccc2c(c1)OCCO2)N1CCN(Cc2ccc3c(c2)OCO3)CC1. The highest BCUT2D eigenvalue weighted by molar-refractivity contribution is 5.94. The average molecular weight is 425 g/mol. The van der Waals surface area contributed by atoms with E-state index < -0.39 is 0 Å². The number of anilines is 1. The molecule has 0 aliphatic carbocycles. The molecule has 8 nitrogen and oxygen atoms in total. The first-order valence-electron chi connectivity index (χ1n) is 10.7. The summed E-state index contributed by atoms with van der Waals surface area (Å²) in [4.78, 5) is 17.4. The van der Waals surface area contributed by atoms with E-state index in [0.717, 1.165) is 55.7 Å². The fourth-order valence-corrected chi connectivity index (χ4v) is 4.14. The smallest absolute Gasteiger partial charge is 0.241 e. The molecular formula is C23H27N3O5. The number of rotatable bonds is 5. The lowest BCUT2D eigenvalue weighted by Crippen LogP contribution is -2.52. The molecule has 2 aromatic rings.